The number of para-hydroxylation sites is 1. The highest BCUT2D eigenvalue weighted by molar-refractivity contribution is 6.34. The summed E-state index contributed by atoms with van der Waals surface area (Å²) < 4.78 is 5.42. The molecule has 2 aliphatic carbocycles. The zero-order valence-electron chi connectivity index (χ0n) is 13.1. The fourth-order valence-corrected chi connectivity index (χ4v) is 4.21. The Hall–Kier alpha value is -1.28. The van der Waals surface area contributed by atoms with Crippen molar-refractivity contribution in [3.8, 4) is 5.75 Å². The highest BCUT2D eigenvalue weighted by Gasteiger charge is 2.37. The molecule has 118 valence electrons. The molecular formula is C19H23ClO2. The van der Waals surface area contributed by atoms with Crippen LogP contribution in [0.5, 0.6) is 5.75 Å². The minimum Gasteiger partial charge on any atom is -0.496 e. The van der Waals surface area contributed by atoms with Crippen LogP contribution in [0, 0.1) is 11.8 Å². The van der Waals surface area contributed by atoms with Gasteiger partial charge in [0, 0.05) is 11.1 Å². The Kier molecular flexibility index (Phi) is 4.87. The molecule has 2 aliphatic rings. The van der Waals surface area contributed by atoms with Crippen LogP contribution in [0.3, 0.4) is 0 Å². The predicted molar refractivity (Wildman–Crippen MR) is 90.3 cm³/mol. The van der Waals surface area contributed by atoms with Crippen molar-refractivity contribution in [1.82, 2.24) is 0 Å². The first-order chi connectivity index (χ1) is 10.7. The van der Waals surface area contributed by atoms with Gasteiger partial charge in [-0.3, -0.25) is 4.79 Å². The molecule has 0 aliphatic heterocycles. The number of rotatable bonds is 3. The third-order valence-electron chi connectivity index (χ3n) is 5.12. The Morgan fingerprint density at radius 1 is 1.14 bits per heavy atom. The molecule has 0 spiro atoms. The fraction of sp³-hybridized carbons (Fsp3) is 0.526. The van der Waals surface area contributed by atoms with Gasteiger partial charge in [0.1, 0.15) is 5.75 Å². The molecule has 2 fully saturated rings. The molecule has 22 heavy (non-hydrogen) atoms. The topological polar surface area (TPSA) is 26.3 Å². The molecule has 2 atom stereocenters. The summed E-state index contributed by atoms with van der Waals surface area (Å²) in [5, 5.41) is -0.362. The van der Waals surface area contributed by atoms with Crippen LogP contribution in [0.1, 0.15) is 44.1 Å². The van der Waals surface area contributed by atoms with E-state index in [1.807, 2.05) is 30.3 Å². The molecule has 3 heteroatoms. The van der Waals surface area contributed by atoms with Gasteiger partial charge >= 0.3 is 0 Å². The second-order valence-corrected chi connectivity index (χ2v) is 6.93. The van der Waals surface area contributed by atoms with Gasteiger partial charge in [0.2, 0.25) is 0 Å². The van der Waals surface area contributed by atoms with E-state index in [1.54, 1.807) is 7.11 Å². The molecule has 0 amide bonds. The van der Waals surface area contributed by atoms with Gasteiger partial charge in [-0.15, -0.1) is 11.6 Å². The van der Waals surface area contributed by atoms with Gasteiger partial charge in [0.05, 0.1) is 12.5 Å². The second-order valence-electron chi connectivity index (χ2n) is 6.40. The maximum absolute atomic E-state index is 12.7. The number of carbonyl (C=O) groups is 1. The lowest BCUT2D eigenvalue weighted by molar-refractivity contribution is -0.117. The lowest BCUT2D eigenvalue weighted by atomic mass is 9.74. The second kappa shape index (κ2) is 6.87. The van der Waals surface area contributed by atoms with Crippen LogP contribution in [0.15, 0.2) is 29.8 Å². The maximum Gasteiger partial charge on any atom is 0.176 e. The maximum atomic E-state index is 12.7. The molecule has 1 aromatic rings. The van der Waals surface area contributed by atoms with Gasteiger partial charge < -0.3 is 4.74 Å². The normalized spacial score (nSPS) is 28.3. The molecule has 0 radical (unpaired) electrons. The molecular weight excluding hydrogens is 296 g/mol. The number of Topliss-reactive ketones (excluding diaryl/α,β-unsaturated/α-hetero) is 1. The highest BCUT2D eigenvalue weighted by atomic mass is 35.5. The van der Waals surface area contributed by atoms with Crippen molar-refractivity contribution in [2.24, 2.45) is 11.8 Å². The van der Waals surface area contributed by atoms with E-state index in [4.69, 9.17) is 16.3 Å². The van der Waals surface area contributed by atoms with Gasteiger partial charge in [0.25, 0.3) is 0 Å². The lowest BCUT2D eigenvalue weighted by Gasteiger charge is -2.31. The quantitative estimate of drug-likeness (QED) is 0.588. The van der Waals surface area contributed by atoms with E-state index >= 15 is 0 Å². The molecule has 3 rings (SSSR count). The number of ether oxygens (including phenoxy) is 1. The number of halogens is 1. The van der Waals surface area contributed by atoms with Crippen molar-refractivity contribution < 1.29 is 9.53 Å². The van der Waals surface area contributed by atoms with E-state index in [9.17, 15) is 4.79 Å². The first-order valence-electron chi connectivity index (χ1n) is 8.23. The van der Waals surface area contributed by atoms with Gasteiger partial charge in [-0.05, 0) is 49.7 Å². The minimum atomic E-state index is -0.362. The van der Waals surface area contributed by atoms with Crippen molar-refractivity contribution in [3.05, 3.63) is 35.4 Å². The largest absolute Gasteiger partial charge is 0.496 e. The molecule has 0 N–H and O–H groups in total. The SMILES string of the molecule is COc1ccccc1C=C1C(=O)C(Cl)CCC1C1CCCC1. The smallest absolute Gasteiger partial charge is 0.176 e. The molecule has 2 unspecified atom stereocenters. The molecule has 0 aromatic heterocycles. The van der Waals surface area contributed by atoms with Gasteiger partial charge in [-0.1, -0.05) is 31.0 Å². The lowest BCUT2D eigenvalue weighted by Crippen LogP contribution is -2.31. The molecule has 2 nitrogen and oxygen atoms in total. The molecule has 0 bridgehead atoms. The van der Waals surface area contributed by atoms with Gasteiger partial charge in [-0.25, -0.2) is 0 Å². The Bertz CT molecular complexity index is 573. The van der Waals surface area contributed by atoms with E-state index in [-0.39, 0.29) is 11.2 Å². The van der Waals surface area contributed by atoms with E-state index in [0.717, 1.165) is 29.7 Å². The van der Waals surface area contributed by atoms with E-state index in [1.165, 1.54) is 25.7 Å². The number of hydrogen-bond acceptors (Lipinski definition) is 2. The van der Waals surface area contributed by atoms with Crippen LogP contribution in [0.25, 0.3) is 6.08 Å². The summed E-state index contributed by atoms with van der Waals surface area (Å²) in [5.74, 6) is 1.95. The van der Waals surface area contributed by atoms with E-state index < -0.39 is 0 Å². The number of allylic oxidation sites excluding steroid dienone is 1. The van der Waals surface area contributed by atoms with Crippen LogP contribution in [0.2, 0.25) is 0 Å². The Morgan fingerprint density at radius 3 is 2.59 bits per heavy atom. The van der Waals surface area contributed by atoms with Crippen molar-refractivity contribution in [3.63, 3.8) is 0 Å². The number of carbonyl (C=O) groups excluding carboxylic acids is 1. The van der Waals surface area contributed by atoms with Crippen molar-refractivity contribution in [2.75, 3.05) is 7.11 Å². The first-order valence-corrected chi connectivity index (χ1v) is 8.67. The highest BCUT2D eigenvalue weighted by Crippen LogP contribution is 2.43. The van der Waals surface area contributed by atoms with E-state index in [2.05, 4.69) is 0 Å². The zero-order chi connectivity index (χ0) is 15.5. The molecule has 0 saturated heterocycles. The third kappa shape index (κ3) is 3.08. The Labute approximate surface area is 137 Å². The van der Waals surface area contributed by atoms with E-state index in [0.29, 0.717) is 11.8 Å². The van der Waals surface area contributed by atoms with Crippen LogP contribution in [-0.2, 0) is 4.79 Å². The summed E-state index contributed by atoms with van der Waals surface area (Å²) in [7, 11) is 1.67. The van der Waals surface area contributed by atoms with Crippen molar-refractivity contribution >= 4 is 23.5 Å². The molecule has 0 heterocycles. The summed E-state index contributed by atoms with van der Waals surface area (Å²) >= 11 is 6.25. The number of methoxy groups -OCH3 is 1. The summed E-state index contributed by atoms with van der Waals surface area (Å²) in [6.45, 7) is 0. The molecule has 1 aromatic carbocycles. The summed E-state index contributed by atoms with van der Waals surface area (Å²) in [4.78, 5) is 12.7. The summed E-state index contributed by atoms with van der Waals surface area (Å²) in [6, 6.07) is 7.86. The number of alkyl halides is 1. The van der Waals surface area contributed by atoms with Crippen LogP contribution < -0.4 is 4.74 Å². The standard InChI is InChI=1S/C19H23ClO2/c1-22-18-9-5-4-8-14(18)12-16-15(13-6-2-3-7-13)10-11-17(20)19(16)21/h4-5,8-9,12-13,15,17H,2-3,6-7,10-11H2,1H3. The summed E-state index contributed by atoms with van der Waals surface area (Å²) in [6.07, 6.45) is 8.95. The average Bonchev–Trinajstić information content (AvgIpc) is 3.06. The average molecular weight is 319 g/mol. The van der Waals surface area contributed by atoms with Gasteiger partial charge in [-0.2, -0.15) is 0 Å². The Morgan fingerprint density at radius 2 is 1.86 bits per heavy atom. The first kappa shape index (κ1) is 15.6. The minimum absolute atomic E-state index is 0.121. The predicted octanol–water partition coefficient (Wildman–Crippen LogP) is 4.86. The monoisotopic (exact) mass is 318 g/mol. The van der Waals surface area contributed by atoms with Gasteiger partial charge in [0.15, 0.2) is 5.78 Å². The zero-order valence-corrected chi connectivity index (χ0v) is 13.8. The van der Waals surface area contributed by atoms with Crippen LogP contribution >= 0.6 is 11.6 Å². The fourth-order valence-electron chi connectivity index (χ4n) is 3.96. The van der Waals surface area contributed by atoms with Crippen LogP contribution in [0.4, 0.5) is 0 Å². The Balaban J connectivity index is 1.97. The number of hydrogen-bond donors (Lipinski definition) is 0. The third-order valence-corrected chi connectivity index (χ3v) is 5.53. The van der Waals surface area contributed by atoms with Crippen molar-refractivity contribution in [2.45, 2.75) is 43.9 Å². The summed E-state index contributed by atoms with van der Waals surface area (Å²) in [5.41, 5.74) is 1.89. The van der Waals surface area contributed by atoms with Crippen molar-refractivity contribution in [1.29, 1.82) is 0 Å². The number of ketones is 1. The molecule has 2 saturated carbocycles. The number of benzene rings is 1. The van der Waals surface area contributed by atoms with Crippen LogP contribution in [-0.4, -0.2) is 18.3 Å².